The lowest BCUT2D eigenvalue weighted by Crippen LogP contribution is -2.04. The fourth-order valence-electron chi connectivity index (χ4n) is 3.65. The number of carbonyl (C=O) groups excluding carboxylic acids is 1. The molecule has 168 valence electrons. The maximum Gasteiger partial charge on any atom is 0.197 e. The normalized spacial score (nSPS) is 11.3. The van der Waals surface area contributed by atoms with E-state index in [2.05, 4.69) is 11.9 Å². The molecule has 0 saturated heterocycles. The van der Waals surface area contributed by atoms with E-state index in [9.17, 15) is 15.0 Å². The summed E-state index contributed by atoms with van der Waals surface area (Å²) < 4.78 is 11.3. The molecule has 3 aromatic carbocycles. The van der Waals surface area contributed by atoms with Crippen molar-refractivity contribution in [3.05, 3.63) is 83.1 Å². The van der Waals surface area contributed by atoms with E-state index in [1.165, 1.54) is 18.3 Å². The minimum absolute atomic E-state index is 0.0224. The van der Waals surface area contributed by atoms with Crippen LogP contribution in [-0.4, -0.2) is 29.3 Å². The summed E-state index contributed by atoms with van der Waals surface area (Å²) in [5.74, 6) is 1.15. The minimum Gasteiger partial charge on any atom is -0.508 e. The molecular formula is C27H25NO5. The lowest BCUT2D eigenvalue weighted by molar-refractivity contribution is 0.103. The Bertz CT molecular complexity index is 1320. The molecule has 4 aromatic rings. The molecule has 0 radical (unpaired) electrons. The molecule has 6 nitrogen and oxygen atoms in total. The molecule has 0 aliphatic rings. The number of ether oxygens (including phenoxy) is 1. The summed E-state index contributed by atoms with van der Waals surface area (Å²) in [7, 11) is 1.59. The van der Waals surface area contributed by atoms with E-state index in [0.717, 1.165) is 12.8 Å². The highest BCUT2D eigenvalue weighted by Crippen LogP contribution is 2.33. The molecular weight excluding hydrogens is 418 g/mol. The number of aliphatic imine (C=N–C) groups is 1. The van der Waals surface area contributed by atoms with Crippen molar-refractivity contribution < 1.29 is 24.2 Å². The minimum atomic E-state index is -0.111. The molecule has 0 spiro atoms. The number of carbonyl (C=O) groups is 1. The number of hydrogen-bond donors (Lipinski definition) is 2. The van der Waals surface area contributed by atoms with Crippen LogP contribution < -0.4 is 4.74 Å². The number of unbranched alkanes of at least 4 members (excludes halogenated alkanes) is 1. The van der Waals surface area contributed by atoms with Crippen LogP contribution in [0.4, 0.5) is 5.69 Å². The Morgan fingerprint density at radius 3 is 2.55 bits per heavy atom. The average molecular weight is 443 g/mol. The number of benzene rings is 3. The summed E-state index contributed by atoms with van der Waals surface area (Å²) in [5.41, 5.74) is 2.82. The quantitative estimate of drug-likeness (QED) is 0.251. The predicted octanol–water partition coefficient (Wildman–Crippen LogP) is 6.18. The van der Waals surface area contributed by atoms with E-state index < -0.39 is 0 Å². The van der Waals surface area contributed by atoms with Gasteiger partial charge in [0, 0.05) is 35.2 Å². The van der Waals surface area contributed by atoms with Crippen molar-refractivity contribution in [2.45, 2.75) is 26.2 Å². The third-order valence-electron chi connectivity index (χ3n) is 5.45. The molecule has 0 unspecified atom stereocenters. The van der Waals surface area contributed by atoms with Crippen LogP contribution in [0.25, 0.3) is 11.0 Å². The molecule has 0 fully saturated rings. The molecule has 0 atom stereocenters. The zero-order valence-electron chi connectivity index (χ0n) is 18.5. The zero-order chi connectivity index (χ0) is 23.4. The number of aryl methyl sites for hydroxylation is 1. The molecule has 0 aliphatic carbocycles. The Labute approximate surface area is 191 Å². The highest BCUT2D eigenvalue weighted by Gasteiger charge is 2.22. The Hall–Kier alpha value is -4.06. The van der Waals surface area contributed by atoms with Gasteiger partial charge < -0.3 is 19.4 Å². The fraction of sp³-hybridized carbons (Fsp3) is 0.185. The van der Waals surface area contributed by atoms with Crippen LogP contribution in [0.5, 0.6) is 17.2 Å². The van der Waals surface area contributed by atoms with Crippen molar-refractivity contribution in [1.82, 2.24) is 0 Å². The van der Waals surface area contributed by atoms with Crippen LogP contribution in [0, 0.1) is 0 Å². The maximum atomic E-state index is 13.5. The summed E-state index contributed by atoms with van der Waals surface area (Å²) >= 11 is 0. The van der Waals surface area contributed by atoms with Crippen LogP contribution in [0.15, 0.2) is 70.1 Å². The van der Waals surface area contributed by atoms with Gasteiger partial charge in [-0.25, -0.2) is 0 Å². The van der Waals surface area contributed by atoms with E-state index in [-0.39, 0.29) is 17.3 Å². The van der Waals surface area contributed by atoms with Gasteiger partial charge in [0.05, 0.1) is 18.4 Å². The molecule has 4 rings (SSSR count). The maximum absolute atomic E-state index is 13.5. The Morgan fingerprint density at radius 1 is 1.06 bits per heavy atom. The van der Waals surface area contributed by atoms with Gasteiger partial charge in [0.1, 0.15) is 28.6 Å². The van der Waals surface area contributed by atoms with Gasteiger partial charge in [-0.15, -0.1) is 0 Å². The van der Waals surface area contributed by atoms with Crippen LogP contribution in [-0.2, 0) is 6.42 Å². The number of phenols is 2. The summed E-state index contributed by atoms with van der Waals surface area (Å²) in [4.78, 5) is 17.9. The van der Waals surface area contributed by atoms with E-state index in [1.54, 1.807) is 49.6 Å². The van der Waals surface area contributed by atoms with E-state index in [0.29, 0.717) is 51.3 Å². The number of furan rings is 1. The average Bonchev–Trinajstić information content (AvgIpc) is 3.19. The SMILES string of the molecule is CCCCc1oc2ccc(N=Cc3ccc(O)cc3O)cc2c1C(=O)c1ccc(OC)cc1. The number of nitrogens with zero attached hydrogens (tertiary/aromatic N) is 1. The smallest absolute Gasteiger partial charge is 0.197 e. The van der Waals surface area contributed by atoms with Gasteiger partial charge in [-0.2, -0.15) is 0 Å². The summed E-state index contributed by atoms with van der Waals surface area (Å²) in [6, 6.07) is 16.8. The highest BCUT2D eigenvalue weighted by atomic mass is 16.5. The molecule has 2 N–H and O–H groups in total. The number of hydrogen-bond acceptors (Lipinski definition) is 6. The van der Waals surface area contributed by atoms with Crippen molar-refractivity contribution in [3.63, 3.8) is 0 Å². The monoisotopic (exact) mass is 443 g/mol. The second kappa shape index (κ2) is 9.61. The summed E-state index contributed by atoms with van der Waals surface area (Å²) in [5, 5.41) is 20.1. The number of phenolic OH excluding ortho intramolecular Hbond substituents is 2. The molecule has 1 aromatic heterocycles. The molecule has 0 aliphatic heterocycles. The summed E-state index contributed by atoms with van der Waals surface area (Å²) in [6.45, 7) is 2.10. The topological polar surface area (TPSA) is 92.3 Å². The number of methoxy groups -OCH3 is 1. The van der Waals surface area contributed by atoms with Gasteiger partial charge in [-0.05, 0) is 61.0 Å². The van der Waals surface area contributed by atoms with Gasteiger partial charge in [0.15, 0.2) is 5.78 Å². The third-order valence-corrected chi connectivity index (χ3v) is 5.45. The Balaban J connectivity index is 1.75. The number of fused-ring (bicyclic) bond motifs is 1. The van der Waals surface area contributed by atoms with Gasteiger partial charge in [-0.1, -0.05) is 13.3 Å². The van der Waals surface area contributed by atoms with Gasteiger partial charge in [0.25, 0.3) is 0 Å². The van der Waals surface area contributed by atoms with Crippen molar-refractivity contribution in [1.29, 1.82) is 0 Å². The standard InChI is InChI=1S/C27H25NO5/c1-3-4-5-25-26(27(31)17-7-11-21(32-2)12-8-17)22-14-19(9-13-24(22)33-25)28-16-18-6-10-20(29)15-23(18)30/h6-16,29-30H,3-5H2,1-2H3. The van der Waals surface area contributed by atoms with Gasteiger partial charge in [-0.3, -0.25) is 9.79 Å². The molecule has 0 saturated carbocycles. The summed E-state index contributed by atoms with van der Waals surface area (Å²) in [6.07, 6.45) is 4.08. The third kappa shape index (κ3) is 4.75. The first-order chi connectivity index (χ1) is 16.0. The molecule has 0 amide bonds. The second-order valence-corrected chi connectivity index (χ2v) is 7.74. The van der Waals surface area contributed by atoms with Crippen LogP contribution in [0.1, 0.15) is 47.0 Å². The predicted molar refractivity (Wildman–Crippen MR) is 128 cm³/mol. The van der Waals surface area contributed by atoms with E-state index >= 15 is 0 Å². The number of rotatable bonds is 8. The molecule has 0 bridgehead atoms. The molecule has 33 heavy (non-hydrogen) atoms. The van der Waals surface area contributed by atoms with Crippen molar-refractivity contribution in [3.8, 4) is 17.2 Å². The first kappa shape index (κ1) is 22.1. The van der Waals surface area contributed by atoms with Gasteiger partial charge in [0.2, 0.25) is 0 Å². The van der Waals surface area contributed by atoms with Crippen LogP contribution in [0.2, 0.25) is 0 Å². The second-order valence-electron chi connectivity index (χ2n) is 7.74. The van der Waals surface area contributed by atoms with Crippen molar-refractivity contribution in [2.75, 3.05) is 7.11 Å². The lowest BCUT2D eigenvalue weighted by Gasteiger charge is -2.05. The van der Waals surface area contributed by atoms with Crippen LogP contribution >= 0.6 is 0 Å². The van der Waals surface area contributed by atoms with E-state index in [1.807, 2.05) is 6.07 Å². The lowest BCUT2D eigenvalue weighted by atomic mass is 9.98. The zero-order valence-corrected chi connectivity index (χ0v) is 18.5. The number of aromatic hydroxyl groups is 2. The van der Waals surface area contributed by atoms with E-state index in [4.69, 9.17) is 9.15 Å². The largest absolute Gasteiger partial charge is 0.508 e. The number of ketones is 1. The molecule has 6 heteroatoms. The Kier molecular flexibility index (Phi) is 6.45. The Morgan fingerprint density at radius 2 is 1.85 bits per heavy atom. The van der Waals surface area contributed by atoms with Crippen LogP contribution in [0.3, 0.4) is 0 Å². The first-order valence-corrected chi connectivity index (χ1v) is 10.8. The van der Waals surface area contributed by atoms with Gasteiger partial charge >= 0.3 is 0 Å². The van der Waals surface area contributed by atoms with Crippen molar-refractivity contribution >= 4 is 28.7 Å². The van der Waals surface area contributed by atoms with Crippen molar-refractivity contribution in [2.24, 2.45) is 4.99 Å². The first-order valence-electron chi connectivity index (χ1n) is 10.8. The molecule has 1 heterocycles. The fourth-order valence-corrected chi connectivity index (χ4v) is 3.65. The highest BCUT2D eigenvalue weighted by molar-refractivity contribution is 6.17.